The number of rotatable bonds is 7. The van der Waals surface area contributed by atoms with Crippen LogP contribution in [0.4, 0.5) is 5.69 Å². The third-order valence-electron chi connectivity index (χ3n) is 4.66. The second-order valence-electron chi connectivity index (χ2n) is 6.93. The summed E-state index contributed by atoms with van der Waals surface area (Å²) in [4.78, 5) is 12.6. The van der Waals surface area contributed by atoms with Crippen molar-refractivity contribution >= 4 is 64.1 Å². The number of nitrogens with one attached hydrogen (secondary N) is 1. The molecular weight excluding hydrogens is 502 g/mol. The fraction of sp³-hybridized carbons (Fsp3) is 0.120. The van der Waals surface area contributed by atoms with Crippen LogP contribution in [0.15, 0.2) is 60.2 Å². The molecule has 0 spiro atoms. The van der Waals surface area contributed by atoms with Crippen molar-refractivity contribution in [2.75, 3.05) is 11.9 Å². The lowest BCUT2D eigenvalue weighted by atomic mass is 10.0. The van der Waals surface area contributed by atoms with Crippen molar-refractivity contribution in [3.05, 3.63) is 97.0 Å². The van der Waals surface area contributed by atoms with E-state index in [2.05, 4.69) is 5.32 Å². The highest BCUT2D eigenvalue weighted by Gasteiger charge is 2.15. The molecular formula is C25H18Cl4N2O2. The average Bonchev–Trinajstić information content (AvgIpc) is 2.78. The molecule has 0 saturated carbocycles. The Morgan fingerprint density at radius 1 is 1.00 bits per heavy atom. The van der Waals surface area contributed by atoms with Gasteiger partial charge in [0.1, 0.15) is 17.4 Å². The fourth-order valence-electron chi connectivity index (χ4n) is 3.09. The Morgan fingerprint density at radius 2 is 1.76 bits per heavy atom. The quantitative estimate of drug-likeness (QED) is 0.255. The number of hydrogen-bond donors (Lipinski definition) is 1. The SMILES string of the molecule is CCOc1cc(/C=C(\C#N)C(=O)Nc2ccc(Cl)c(Cl)c2)cc(Cl)c1Cc1ccccc1Cl. The molecule has 168 valence electrons. The highest BCUT2D eigenvalue weighted by Crippen LogP contribution is 2.33. The van der Waals surface area contributed by atoms with Gasteiger partial charge >= 0.3 is 0 Å². The number of ether oxygens (including phenoxy) is 1. The lowest BCUT2D eigenvalue weighted by molar-refractivity contribution is -0.112. The summed E-state index contributed by atoms with van der Waals surface area (Å²) in [6, 6.07) is 17.5. The van der Waals surface area contributed by atoms with E-state index in [0.29, 0.717) is 50.1 Å². The normalized spacial score (nSPS) is 11.1. The molecule has 0 radical (unpaired) electrons. The first-order chi connectivity index (χ1) is 15.8. The van der Waals surface area contributed by atoms with Crippen LogP contribution in [-0.2, 0) is 11.2 Å². The van der Waals surface area contributed by atoms with Crippen LogP contribution in [0.2, 0.25) is 20.1 Å². The summed E-state index contributed by atoms with van der Waals surface area (Å²) in [6.07, 6.45) is 1.92. The summed E-state index contributed by atoms with van der Waals surface area (Å²) >= 11 is 24.8. The molecule has 1 N–H and O–H groups in total. The topological polar surface area (TPSA) is 62.1 Å². The maximum atomic E-state index is 12.6. The van der Waals surface area contributed by atoms with Crippen LogP contribution in [-0.4, -0.2) is 12.5 Å². The maximum absolute atomic E-state index is 12.6. The smallest absolute Gasteiger partial charge is 0.266 e. The Bertz CT molecular complexity index is 1270. The first-order valence-corrected chi connectivity index (χ1v) is 11.4. The summed E-state index contributed by atoms with van der Waals surface area (Å²) in [5, 5.41) is 13.9. The molecule has 0 saturated heterocycles. The van der Waals surface area contributed by atoms with E-state index < -0.39 is 5.91 Å². The molecule has 33 heavy (non-hydrogen) atoms. The standard InChI is InChI=1S/C25H18Cl4N2O2/c1-2-33-24-11-15(10-22(28)19(24)12-16-5-3-4-6-20(16)26)9-17(14-30)25(32)31-18-7-8-21(27)23(29)13-18/h3-11,13H,2,12H2,1H3,(H,31,32)/b17-9+. The molecule has 4 nitrogen and oxygen atoms in total. The van der Waals surface area contributed by atoms with E-state index >= 15 is 0 Å². The summed E-state index contributed by atoms with van der Waals surface area (Å²) < 4.78 is 5.80. The minimum Gasteiger partial charge on any atom is -0.494 e. The van der Waals surface area contributed by atoms with Gasteiger partial charge in [-0.15, -0.1) is 0 Å². The maximum Gasteiger partial charge on any atom is 0.266 e. The summed E-state index contributed by atoms with van der Waals surface area (Å²) in [7, 11) is 0. The van der Waals surface area contributed by atoms with Crippen molar-refractivity contribution in [1.29, 1.82) is 5.26 Å². The first kappa shape index (κ1) is 25.0. The number of nitrogens with zero attached hydrogens (tertiary/aromatic N) is 1. The Hall–Kier alpha value is -2.68. The van der Waals surface area contributed by atoms with Crippen molar-refractivity contribution in [3.8, 4) is 11.8 Å². The zero-order valence-corrected chi connectivity index (χ0v) is 20.5. The predicted molar refractivity (Wildman–Crippen MR) is 136 cm³/mol. The first-order valence-electron chi connectivity index (χ1n) is 9.89. The molecule has 3 aromatic carbocycles. The second-order valence-corrected chi connectivity index (χ2v) is 8.56. The Balaban J connectivity index is 1.92. The number of benzene rings is 3. The van der Waals surface area contributed by atoms with Crippen LogP contribution in [0.25, 0.3) is 6.08 Å². The van der Waals surface area contributed by atoms with Crippen molar-refractivity contribution in [3.63, 3.8) is 0 Å². The molecule has 0 atom stereocenters. The Morgan fingerprint density at radius 3 is 2.42 bits per heavy atom. The molecule has 0 unspecified atom stereocenters. The molecule has 3 aromatic rings. The van der Waals surface area contributed by atoms with E-state index in [1.807, 2.05) is 37.3 Å². The van der Waals surface area contributed by atoms with Crippen LogP contribution < -0.4 is 10.1 Å². The van der Waals surface area contributed by atoms with Gasteiger partial charge in [-0.2, -0.15) is 5.26 Å². The lowest BCUT2D eigenvalue weighted by Gasteiger charge is -2.14. The van der Waals surface area contributed by atoms with Crippen LogP contribution >= 0.6 is 46.4 Å². The molecule has 0 aliphatic heterocycles. The van der Waals surface area contributed by atoms with E-state index in [1.54, 1.807) is 24.3 Å². The van der Waals surface area contributed by atoms with Gasteiger partial charge in [-0.05, 0) is 60.5 Å². The molecule has 8 heteroatoms. The third kappa shape index (κ3) is 6.43. The fourth-order valence-corrected chi connectivity index (χ4v) is 3.88. The van der Waals surface area contributed by atoms with Gasteiger partial charge in [-0.3, -0.25) is 4.79 Å². The molecule has 0 fully saturated rings. The molecule has 0 aliphatic carbocycles. The minimum absolute atomic E-state index is 0.113. The molecule has 1 amide bonds. The van der Waals surface area contributed by atoms with Gasteiger partial charge in [0.25, 0.3) is 5.91 Å². The van der Waals surface area contributed by atoms with Crippen molar-refractivity contribution in [2.45, 2.75) is 13.3 Å². The number of halogens is 4. The average molecular weight is 520 g/mol. The third-order valence-corrected chi connectivity index (χ3v) is 6.10. The Labute approximate surface area is 212 Å². The zero-order valence-electron chi connectivity index (χ0n) is 17.5. The van der Waals surface area contributed by atoms with Crippen LogP contribution in [0, 0.1) is 11.3 Å². The van der Waals surface area contributed by atoms with Crippen LogP contribution in [0.3, 0.4) is 0 Å². The number of carbonyl (C=O) groups is 1. The molecule has 0 bridgehead atoms. The lowest BCUT2D eigenvalue weighted by Crippen LogP contribution is -2.13. The summed E-state index contributed by atoms with van der Waals surface area (Å²) in [5.41, 5.74) is 2.52. The highest BCUT2D eigenvalue weighted by atomic mass is 35.5. The van der Waals surface area contributed by atoms with E-state index in [9.17, 15) is 10.1 Å². The van der Waals surface area contributed by atoms with E-state index in [0.717, 1.165) is 11.1 Å². The van der Waals surface area contributed by atoms with Crippen LogP contribution in [0.5, 0.6) is 5.75 Å². The van der Waals surface area contributed by atoms with Crippen molar-refractivity contribution in [1.82, 2.24) is 0 Å². The van der Waals surface area contributed by atoms with Crippen LogP contribution in [0.1, 0.15) is 23.6 Å². The van der Waals surface area contributed by atoms with E-state index in [-0.39, 0.29) is 5.57 Å². The van der Waals surface area contributed by atoms with Crippen molar-refractivity contribution < 1.29 is 9.53 Å². The number of anilines is 1. The largest absolute Gasteiger partial charge is 0.494 e. The number of hydrogen-bond acceptors (Lipinski definition) is 3. The van der Waals surface area contributed by atoms with Gasteiger partial charge in [0.15, 0.2) is 0 Å². The van der Waals surface area contributed by atoms with Gasteiger partial charge in [0, 0.05) is 27.7 Å². The predicted octanol–water partition coefficient (Wildman–Crippen LogP) is 7.84. The van der Waals surface area contributed by atoms with Gasteiger partial charge in [-0.25, -0.2) is 0 Å². The second kappa shape index (κ2) is 11.4. The highest BCUT2D eigenvalue weighted by molar-refractivity contribution is 6.42. The summed E-state index contributed by atoms with van der Waals surface area (Å²) in [5.74, 6) is -0.0385. The number of carbonyl (C=O) groups excluding carboxylic acids is 1. The van der Waals surface area contributed by atoms with Gasteiger partial charge < -0.3 is 10.1 Å². The molecule has 3 rings (SSSR count). The number of amides is 1. The minimum atomic E-state index is -0.592. The number of nitriles is 1. The zero-order chi connectivity index (χ0) is 24.0. The molecule has 0 heterocycles. The molecule has 0 aromatic heterocycles. The van der Waals surface area contributed by atoms with Gasteiger partial charge in [0.2, 0.25) is 0 Å². The van der Waals surface area contributed by atoms with Gasteiger partial charge in [-0.1, -0.05) is 64.6 Å². The Kier molecular flexibility index (Phi) is 8.66. The van der Waals surface area contributed by atoms with Crippen molar-refractivity contribution in [2.24, 2.45) is 0 Å². The summed E-state index contributed by atoms with van der Waals surface area (Å²) in [6.45, 7) is 2.28. The monoisotopic (exact) mass is 518 g/mol. The van der Waals surface area contributed by atoms with Gasteiger partial charge in [0.05, 0.1) is 16.7 Å². The molecule has 0 aliphatic rings. The van der Waals surface area contributed by atoms with E-state index in [1.165, 1.54) is 12.1 Å². The van der Waals surface area contributed by atoms with E-state index in [4.69, 9.17) is 51.1 Å².